The van der Waals surface area contributed by atoms with Crippen LogP contribution in [0.2, 0.25) is 0 Å². The normalized spacial score (nSPS) is 16.0. The first kappa shape index (κ1) is 20.7. The number of guanidine groups is 1. The molecule has 1 aromatic rings. The molecular weight excluding hydrogens is 330 g/mol. The molecular formula is C19H35N5O2. The third-order valence-electron chi connectivity index (χ3n) is 4.72. The number of hydrogen-bond donors (Lipinski definition) is 2. The van der Waals surface area contributed by atoms with Gasteiger partial charge in [-0.15, -0.1) is 0 Å². The lowest BCUT2D eigenvalue weighted by Crippen LogP contribution is -2.38. The van der Waals surface area contributed by atoms with Gasteiger partial charge in [-0.1, -0.05) is 0 Å². The summed E-state index contributed by atoms with van der Waals surface area (Å²) in [4.78, 5) is 8.51. The minimum atomic E-state index is 0.678. The summed E-state index contributed by atoms with van der Waals surface area (Å²) in [6.07, 6.45) is 9.38. The van der Waals surface area contributed by atoms with Crippen LogP contribution < -0.4 is 10.6 Å². The van der Waals surface area contributed by atoms with Gasteiger partial charge in [-0.25, -0.2) is 4.98 Å². The van der Waals surface area contributed by atoms with Crippen molar-refractivity contribution in [2.24, 2.45) is 10.9 Å². The van der Waals surface area contributed by atoms with E-state index in [2.05, 4.69) is 25.2 Å². The molecule has 0 radical (unpaired) electrons. The zero-order chi connectivity index (χ0) is 18.5. The molecule has 1 saturated heterocycles. The molecule has 0 amide bonds. The Balaban J connectivity index is 1.43. The molecule has 2 N–H and O–H groups in total. The molecule has 0 spiro atoms. The van der Waals surface area contributed by atoms with Crippen LogP contribution in [-0.4, -0.2) is 62.1 Å². The van der Waals surface area contributed by atoms with Crippen LogP contribution in [0.5, 0.6) is 0 Å². The van der Waals surface area contributed by atoms with Crippen molar-refractivity contribution < 1.29 is 9.47 Å². The quantitative estimate of drug-likeness (QED) is 0.356. The topological polar surface area (TPSA) is 72.7 Å². The summed E-state index contributed by atoms with van der Waals surface area (Å²) in [7, 11) is 1.81. The molecule has 7 nitrogen and oxygen atoms in total. The molecule has 0 unspecified atom stereocenters. The van der Waals surface area contributed by atoms with Crippen molar-refractivity contribution in [2.45, 2.75) is 45.6 Å². The van der Waals surface area contributed by atoms with E-state index in [1.807, 2.05) is 26.4 Å². The van der Waals surface area contributed by atoms with Crippen LogP contribution in [0.15, 0.2) is 17.4 Å². The van der Waals surface area contributed by atoms with E-state index >= 15 is 0 Å². The average molecular weight is 366 g/mol. The number of nitrogens with zero attached hydrogens (tertiary/aromatic N) is 3. The predicted octanol–water partition coefficient (Wildman–Crippen LogP) is 1.97. The van der Waals surface area contributed by atoms with Gasteiger partial charge in [-0.2, -0.15) is 0 Å². The van der Waals surface area contributed by atoms with Crippen molar-refractivity contribution in [2.75, 3.05) is 46.6 Å². The standard InChI is InChI=1S/C19H35N5O2/c1-17-21-10-12-24(17)11-4-3-8-22-19(20-2)23-9-5-13-26-16-18-6-14-25-15-7-18/h10,12,18H,3-9,11,13-16H2,1-2H3,(H2,20,22,23). The maximum absolute atomic E-state index is 5.78. The van der Waals surface area contributed by atoms with E-state index in [0.29, 0.717) is 5.92 Å². The Labute approximate surface area is 157 Å². The van der Waals surface area contributed by atoms with Crippen molar-refractivity contribution in [3.63, 3.8) is 0 Å². The summed E-state index contributed by atoms with van der Waals surface area (Å²) in [5.41, 5.74) is 0. The van der Waals surface area contributed by atoms with Crippen LogP contribution in [0, 0.1) is 12.8 Å². The number of aryl methyl sites for hydroxylation is 2. The molecule has 1 fully saturated rings. The number of aliphatic imine (C=N–C) groups is 1. The van der Waals surface area contributed by atoms with Gasteiger partial charge < -0.3 is 24.7 Å². The van der Waals surface area contributed by atoms with E-state index in [1.54, 1.807) is 0 Å². The number of aromatic nitrogens is 2. The van der Waals surface area contributed by atoms with Crippen molar-refractivity contribution in [3.05, 3.63) is 18.2 Å². The second kappa shape index (κ2) is 12.7. The Morgan fingerprint density at radius 2 is 2.04 bits per heavy atom. The third-order valence-corrected chi connectivity index (χ3v) is 4.72. The summed E-state index contributed by atoms with van der Waals surface area (Å²) >= 11 is 0. The highest BCUT2D eigenvalue weighted by Gasteiger charge is 2.13. The van der Waals surface area contributed by atoms with Crippen LogP contribution in [0.1, 0.15) is 37.9 Å². The van der Waals surface area contributed by atoms with Gasteiger partial charge in [0.25, 0.3) is 0 Å². The number of imidazole rings is 1. The molecule has 1 aliphatic heterocycles. The molecule has 0 bridgehead atoms. The Kier molecular flexibility index (Phi) is 10.1. The smallest absolute Gasteiger partial charge is 0.190 e. The molecule has 26 heavy (non-hydrogen) atoms. The van der Waals surface area contributed by atoms with Gasteiger partial charge in [0, 0.05) is 65.5 Å². The van der Waals surface area contributed by atoms with Gasteiger partial charge in [0.05, 0.1) is 0 Å². The van der Waals surface area contributed by atoms with E-state index in [-0.39, 0.29) is 0 Å². The first-order chi connectivity index (χ1) is 12.8. The van der Waals surface area contributed by atoms with Gasteiger partial charge >= 0.3 is 0 Å². The zero-order valence-electron chi connectivity index (χ0n) is 16.4. The van der Waals surface area contributed by atoms with Crippen LogP contribution in [0.4, 0.5) is 0 Å². The molecule has 0 saturated carbocycles. The molecule has 0 atom stereocenters. The van der Waals surface area contributed by atoms with Gasteiger partial charge in [0.1, 0.15) is 5.82 Å². The molecule has 148 valence electrons. The Morgan fingerprint density at radius 3 is 2.73 bits per heavy atom. The number of unbranched alkanes of at least 4 members (excludes halogenated alkanes) is 1. The summed E-state index contributed by atoms with van der Waals surface area (Å²) in [5.74, 6) is 2.62. The monoisotopic (exact) mass is 365 g/mol. The second-order valence-corrected chi connectivity index (χ2v) is 6.78. The second-order valence-electron chi connectivity index (χ2n) is 6.78. The van der Waals surface area contributed by atoms with Crippen LogP contribution in [-0.2, 0) is 16.0 Å². The molecule has 2 rings (SSSR count). The Morgan fingerprint density at radius 1 is 1.27 bits per heavy atom. The number of nitrogens with one attached hydrogen (secondary N) is 2. The highest BCUT2D eigenvalue weighted by atomic mass is 16.5. The highest BCUT2D eigenvalue weighted by Crippen LogP contribution is 2.14. The first-order valence-corrected chi connectivity index (χ1v) is 9.87. The van der Waals surface area contributed by atoms with Crippen molar-refractivity contribution in [1.29, 1.82) is 0 Å². The average Bonchev–Trinajstić information content (AvgIpc) is 3.08. The minimum absolute atomic E-state index is 0.678. The molecule has 2 heterocycles. The SMILES string of the molecule is CN=C(NCCCCn1ccnc1C)NCCCOCC1CCOCC1. The number of hydrogen-bond acceptors (Lipinski definition) is 4. The predicted molar refractivity (Wildman–Crippen MR) is 105 cm³/mol. The fourth-order valence-electron chi connectivity index (χ4n) is 3.02. The summed E-state index contributed by atoms with van der Waals surface area (Å²) in [6, 6.07) is 0. The maximum Gasteiger partial charge on any atom is 0.190 e. The lowest BCUT2D eigenvalue weighted by atomic mass is 10.0. The fourth-order valence-corrected chi connectivity index (χ4v) is 3.02. The van der Waals surface area contributed by atoms with E-state index in [4.69, 9.17) is 9.47 Å². The van der Waals surface area contributed by atoms with Crippen LogP contribution in [0.3, 0.4) is 0 Å². The van der Waals surface area contributed by atoms with Gasteiger partial charge in [-0.05, 0) is 44.9 Å². The van der Waals surface area contributed by atoms with Crippen molar-refractivity contribution in [1.82, 2.24) is 20.2 Å². The summed E-state index contributed by atoms with van der Waals surface area (Å²) < 4.78 is 13.3. The Hall–Kier alpha value is -1.60. The van der Waals surface area contributed by atoms with Crippen molar-refractivity contribution >= 4 is 5.96 Å². The molecule has 1 aliphatic rings. The minimum Gasteiger partial charge on any atom is -0.381 e. The number of ether oxygens (including phenoxy) is 2. The van der Waals surface area contributed by atoms with Crippen molar-refractivity contribution in [3.8, 4) is 0 Å². The first-order valence-electron chi connectivity index (χ1n) is 9.87. The maximum atomic E-state index is 5.78. The van der Waals surface area contributed by atoms with Gasteiger partial charge in [-0.3, -0.25) is 4.99 Å². The number of rotatable bonds is 11. The van der Waals surface area contributed by atoms with E-state index < -0.39 is 0 Å². The van der Waals surface area contributed by atoms with Crippen LogP contribution in [0.25, 0.3) is 0 Å². The van der Waals surface area contributed by atoms with Gasteiger partial charge in [0.2, 0.25) is 0 Å². The summed E-state index contributed by atoms with van der Waals surface area (Å²) in [5, 5.41) is 6.71. The third kappa shape index (κ3) is 8.19. The van der Waals surface area contributed by atoms with E-state index in [0.717, 1.165) is 89.9 Å². The van der Waals surface area contributed by atoms with Gasteiger partial charge in [0.15, 0.2) is 5.96 Å². The molecule has 7 heteroatoms. The largest absolute Gasteiger partial charge is 0.381 e. The fraction of sp³-hybridized carbons (Fsp3) is 0.789. The van der Waals surface area contributed by atoms with E-state index in [1.165, 1.54) is 0 Å². The lowest BCUT2D eigenvalue weighted by Gasteiger charge is -2.21. The Bertz CT molecular complexity index is 512. The van der Waals surface area contributed by atoms with E-state index in [9.17, 15) is 0 Å². The molecule has 0 aromatic carbocycles. The zero-order valence-corrected chi connectivity index (χ0v) is 16.4. The lowest BCUT2D eigenvalue weighted by molar-refractivity contribution is 0.0203. The molecule has 1 aromatic heterocycles. The van der Waals surface area contributed by atoms with Crippen LogP contribution >= 0.6 is 0 Å². The highest BCUT2D eigenvalue weighted by molar-refractivity contribution is 5.79. The molecule has 0 aliphatic carbocycles. The summed E-state index contributed by atoms with van der Waals surface area (Å²) in [6.45, 7) is 8.30.